The smallest absolute Gasteiger partial charge is 0.281 e. The highest BCUT2D eigenvalue weighted by Gasteiger charge is 2.18. The lowest BCUT2D eigenvalue weighted by atomic mass is 10.1. The van der Waals surface area contributed by atoms with Gasteiger partial charge in [0.25, 0.3) is 5.91 Å². The van der Waals surface area contributed by atoms with Crippen LogP contribution in [-0.2, 0) is 13.1 Å². The third-order valence-corrected chi connectivity index (χ3v) is 5.28. The second-order valence-corrected chi connectivity index (χ2v) is 7.88. The van der Waals surface area contributed by atoms with E-state index in [1.54, 1.807) is 31.4 Å². The normalized spacial score (nSPS) is 10.6. The first-order valence-electron chi connectivity index (χ1n) is 10.8. The number of hydrogen-bond acceptors (Lipinski definition) is 6. The maximum Gasteiger partial charge on any atom is 0.281 e. The molecule has 33 heavy (non-hydrogen) atoms. The summed E-state index contributed by atoms with van der Waals surface area (Å²) in [6.45, 7) is 5.18. The van der Waals surface area contributed by atoms with Crippen molar-refractivity contribution in [1.29, 1.82) is 0 Å². The van der Waals surface area contributed by atoms with Crippen LogP contribution in [0.1, 0.15) is 32.6 Å². The molecule has 0 aliphatic rings. The Kier molecular flexibility index (Phi) is 6.69. The SMILES string of the molecule is COc1ccc(C(=O)n2nc(NCc3ccc(C)cc3)nc2NCc2ccc(C)cc2)cc1. The summed E-state index contributed by atoms with van der Waals surface area (Å²) in [6, 6.07) is 23.4. The molecule has 2 N–H and O–H groups in total. The summed E-state index contributed by atoms with van der Waals surface area (Å²) in [5.41, 5.74) is 5.08. The van der Waals surface area contributed by atoms with Crippen LogP contribution in [-0.4, -0.2) is 27.8 Å². The molecular weight excluding hydrogens is 414 g/mol. The van der Waals surface area contributed by atoms with Gasteiger partial charge in [0, 0.05) is 18.7 Å². The Labute approximate surface area is 193 Å². The molecule has 0 aliphatic heterocycles. The van der Waals surface area contributed by atoms with Crippen LogP contribution in [0.5, 0.6) is 5.75 Å². The van der Waals surface area contributed by atoms with Crippen molar-refractivity contribution < 1.29 is 9.53 Å². The van der Waals surface area contributed by atoms with Gasteiger partial charge in [0.05, 0.1) is 7.11 Å². The van der Waals surface area contributed by atoms with E-state index < -0.39 is 0 Å². The molecule has 0 fully saturated rings. The number of rotatable bonds is 8. The predicted molar refractivity (Wildman–Crippen MR) is 130 cm³/mol. The van der Waals surface area contributed by atoms with E-state index in [4.69, 9.17) is 4.74 Å². The fraction of sp³-hybridized carbons (Fsp3) is 0.192. The number of benzene rings is 3. The highest BCUT2D eigenvalue weighted by atomic mass is 16.5. The number of carbonyl (C=O) groups excluding carboxylic acids is 1. The number of nitrogens with one attached hydrogen (secondary N) is 2. The van der Waals surface area contributed by atoms with E-state index in [9.17, 15) is 4.79 Å². The van der Waals surface area contributed by atoms with Gasteiger partial charge in [0.1, 0.15) is 5.75 Å². The van der Waals surface area contributed by atoms with Crippen LogP contribution in [0.3, 0.4) is 0 Å². The number of aryl methyl sites for hydroxylation is 2. The number of ether oxygens (including phenoxy) is 1. The Morgan fingerprint density at radius 3 is 1.91 bits per heavy atom. The summed E-state index contributed by atoms with van der Waals surface area (Å²) in [5.74, 6) is 1.16. The number of methoxy groups -OCH3 is 1. The van der Waals surface area contributed by atoms with Crippen LogP contribution in [0.2, 0.25) is 0 Å². The Morgan fingerprint density at radius 2 is 1.36 bits per heavy atom. The molecule has 0 saturated carbocycles. The molecule has 0 spiro atoms. The minimum absolute atomic E-state index is 0.278. The molecular formula is C26H27N5O2. The lowest BCUT2D eigenvalue weighted by Crippen LogP contribution is -2.17. The van der Waals surface area contributed by atoms with E-state index >= 15 is 0 Å². The van der Waals surface area contributed by atoms with Crippen molar-refractivity contribution in [2.24, 2.45) is 0 Å². The molecule has 0 atom stereocenters. The molecule has 0 amide bonds. The van der Waals surface area contributed by atoms with Crippen LogP contribution in [0.4, 0.5) is 11.9 Å². The fourth-order valence-electron chi connectivity index (χ4n) is 3.27. The van der Waals surface area contributed by atoms with Crippen molar-refractivity contribution in [3.63, 3.8) is 0 Å². The summed E-state index contributed by atoms with van der Waals surface area (Å²) >= 11 is 0. The Balaban J connectivity index is 1.56. The van der Waals surface area contributed by atoms with Gasteiger partial charge in [-0.1, -0.05) is 59.7 Å². The first-order chi connectivity index (χ1) is 16.0. The largest absolute Gasteiger partial charge is 0.497 e. The highest BCUT2D eigenvalue weighted by molar-refractivity contribution is 5.97. The number of nitrogens with zero attached hydrogens (tertiary/aromatic N) is 3. The highest BCUT2D eigenvalue weighted by Crippen LogP contribution is 2.17. The van der Waals surface area contributed by atoms with Gasteiger partial charge in [-0.05, 0) is 49.2 Å². The van der Waals surface area contributed by atoms with Gasteiger partial charge < -0.3 is 15.4 Å². The van der Waals surface area contributed by atoms with Gasteiger partial charge in [-0.3, -0.25) is 4.79 Å². The van der Waals surface area contributed by atoms with Crippen LogP contribution >= 0.6 is 0 Å². The molecule has 4 aromatic rings. The first kappa shape index (κ1) is 22.1. The Hall–Kier alpha value is -4.13. The van der Waals surface area contributed by atoms with Crippen LogP contribution in [0, 0.1) is 13.8 Å². The van der Waals surface area contributed by atoms with Crippen molar-refractivity contribution in [2.75, 3.05) is 17.7 Å². The average molecular weight is 442 g/mol. The molecule has 1 aromatic heterocycles. The lowest BCUT2D eigenvalue weighted by Gasteiger charge is -2.08. The van der Waals surface area contributed by atoms with Gasteiger partial charge >= 0.3 is 0 Å². The van der Waals surface area contributed by atoms with Gasteiger partial charge in [-0.25, -0.2) is 0 Å². The summed E-state index contributed by atoms with van der Waals surface area (Å²) < 4.78 is 6.49. The summed E-state index contributed by atoms with van der Waals surface area (Å²) in [4.78, 5) is 17.7. The molecule has 0 bridgehead atoms. The Morgan fingerprint density at radius 1 is 0.818 bits per heavy atom. The van der Waals surface area contributed by atoms with Gasteiger partial charge in [-0.2, -0.15) is 9.67 Å². The fourth-order valence-corrected chi connectivity index (χ4v) is 3.27. The summed E-state index contributed by atoms with van der Waals surface area (Å²) in [5, 5.41) is 10.9. The van der Waals surface area contributed by atoms with E-state index in [0.29, 0.717) is 36.3 Å². The average Bonchev–Trinajstić information content (AvgIpc) is 3.26. The van der Waals surface area contributed by atoms with Gasteiger partial charge in [0.2, 0.25) is 11.9 Å². The summed E-state index contributed by atoms with van der Waals surface area (Å²) in [6.07, 6.45) is 0. The van der Waals surface area contributed by atoms with Crippen molar-refractivity contribution in [3.05, 3.63) is 101 Å². The molecule has 0 aliphatic carbocycles. The molecule has 0 unspecified atom stereocenters. The molecule has 4 rings (SSSR count). The first-order valence-corrected chi connectivity index (χ1v) is 10.8. The lowest BCUT2D eigenvalue weighted by molar-refractivity contribution is 0.0947. The molecule has 0 radical (unpaired) electrons. The quantitative estimate of drug-likeness (QED) is 0.408. The van der Waals surface area contributed by atoms with Gasteiger partial charge in [0.15, 0.2) is 0 Å². The predicted octanol–water partition coefficient (Wildman–Crippen LogP) is 4.82. The van der Waals surface area contributed by atoms with Crippen molar-refractivity contribution in [1.82, 2.24) is 14.8 Å². The van der Waals surface area contributed by atoms with Crippen molar-refractivity contribution >= 4 is 17.8 Å². The maximum atomic E-state index is 13.2. The zero-order valence-electron chi connectivity index (χ0n) is 19.0. The summed E-state index contributed by atoms with van der Waals surface area (Å²) in [7, 11) is 1.59. The number of hydrogen-bond donors (Lipinski definition) is 2. The minimum atomic E-state index is -0.278. The van der Waals surface area contributed by atoms with Crippen LogP contribution in [0.15, 0.2) is 72.8 Å². The van der Waals surface area contributed by atoms with Crippen molar-refractivity contribution in [2.45, 2.75) is 26.9 Å². The second kappa shape index (κ2) is 9.99. The monoisotopic (exact) mass is 441 g/mol. The van der Waals surface area contributed by atoms with Crippen LogP contribution < -0.4 is 15.4 Å². The third kappa shape index (κ3) is 5.57. The molecule has 3 aromatic carbocycles. The third-order valence-electron chi connectivity index (χ3n) is 5.28. The number of anilines is 2. The Bertz CT molecular complexity index is 1210. The van der Waals surface area contributed by atoms with E-state index in [1.165, 1.54) is 15.8 Å². The van der Waals surface area contributed by atoms with E-state index in [2.05, 4.69) is 64.0 Å². The molecule has 7 heteroatoms. The van der Waals surface area contributed by atoms with Crippen LogP contribution in [0.25, 0.3) is 0 Å². The van der Waals surface area contributed by atoms with E-state index in [-0.39, 0.29) is 5.91 Å². The molecule has 0 saturated heterocycles. The number of carbonyl (C=O) groups is 1. The zero-order chi connectivity index (χ0) is 23.2. The molecule has 7 nitrogen and oxygen atoms in total. The standard InChI is InChI=1S/C26H27N5O2/c1-18-4-8-20(9-5-18)16-27-25-29-26(28-17-21-10-6-19(2)7-11-21)31(30-25)24(32)22-12-14-23(33-3)15-13-22/h4-15H,16-17H2,1-3H3,(H2,27,28,29,30). The maximum absolute atomic E-state index is 13.2. The molecule has 168 valence electrons. The minimum Gasteiger partial charge on any atom is -0.497 e. The van der Waals surface area contributed by atoms with E-state index in [1.807, 2.05) is 19.1 Å². The second-order valence-electron chi connectivity index (χ2n) is 7.88. The number of aromatic nitrogens is 3. The van der Waals surface area contributed by atoms with Gasteiger partial charge in [-0.15, -0.1) is 5.10 Å². The van der Waals surface area contributed by atoms with Crippen molar-refractivity contribution in [3.8, 4) is 5.75 Å². The molecule has 1 heterocycles. The topological polar surface area (TPSA) is 81.1 Å². The zero-order valence-corrected chi connectivity index (χ0v) is 19.0. The van der Waals surface area contributed by atoms with E-state index in [0.717, 1.165) is 11.1 Å².